The lowest BCUT2D eigenvalue weighted by molar-refractivity contribution is -0.144. The minimum Gasteiger partial charge on any atom is -0.466 e. The van der Waals surface area contributed by atoms with Gasteiger partial charge in [-0.3, -0.25) is 9.59 Å². The van der Waals surface area contributed by atoms with Crippen molar-refractivity contribution >= 4 is 23.7 Å². The van der Waals surface area contributed by atoms with Gasteiger partial charge in [-0.1, -0.05) is 155 Å². The number of carbonyl (C=O) groups excluding carboxylic acids is 2. The first-order valence-corrected chi connectivity index (χ1v) is 18.2. The first-order valence-electron chi connectivity index (χ1n) is 17.1. The largest absolute Gasteiger partial charge is 0.466 e. The molecule has 0 saturated heterocycles. The van der Waals surface area contributed by atoms with Crippen molar-refractivity contribution in [3.8, 4) is 0 Å². The summed E-state index contributed by atoms with van der Waals surface area (Å²) in [6.45, 7) is 5.63. The Kier molecular flexibility index (Phi) is 32.9. The fourth-order valence-corrected chi connectivity index (χ4v) is 5.64. The molecule has 0 fully saturated rings. The number of unbranched alkanes of at least 4 members (excludes halogenated alkanes) is 22. The van der Waals surface area contributed by atoms with Crippen molar-refractivity contribution in [3.05, 3.63) is 0 Å². The van der Waals surface area contributed by atoms with E-state index in [2.05, 4.69) is 13.8 Å². The molecule has 39 heavy (non-hydrogen) atoms. The van der Waals surface area contributed by atoms with Gasteiger partial charge in [0, 0.05) is 11.5 Å². The van der Waals surface area contributed by atoms with Gasteiger partial charge in [-0.2, -0.15) is 11.8 Å². The van der Waals surface area contributed by atoms with Crippen LogP contribution in [0.15, 0.2) is 0 Å². The van der Waals surface area contributed by atoms with E-state index >= 15 is 0 Å². The lowest BCUT2D eigenvalue weighted by Gasteiger charge is -2.06. The van der Waals surface area contributed by atoms with Crippen molar-refractivity contribution in [1.29, 1.82) is 0 Å². The molecule has 0 N–H and O–H groups in total. The zero-order valence-electron chi connectivity index (χ0n) is 26.3. The second kappa shape index (κ2) is 33.5. The summed E-state index contributed by atoms with van der Waals surface area (Å²) in [6, 6.07) is 0. The van der Waals surface area contributed by atoms with Crippen LogP contribution in [0.5, 0.6) is 0 Å². The summed E-state index contributed by atoms with van der Waals surface area (Å²) in [4.78, 5) is 23.7. The summed E-state index contributed by atoms with van der Waals surface area (Å²) < 4.78 is 10.7. The standard InChI is InChI=1S/C34H66O4S/c1-3-5-7-9-11-13-15-17-19-21-23-25-29-37-33(35)27-31-39-32-28-34(36)38-30-26-24-22-20-18-16-14-12-10-8-6-4-2/h3-32H2,1-2H3. The maximum Gasteiger partial charge on any atom is 0.306 e. The summed E-state index contributed by atoms with van der Waals surface area (Å²) in [5.74, 6) is 1.20. The van der Waals surface area contributed by atoms with Gasteiger partial charge >= 0.3 is 11.9 Å². The molecule has 0 aromatic carbocycles. The van der Waals surface area contributed by atoms with Gasteiger partial charge in [-0.15, -0.1) is 0 Å². The molecule has 0 amide bonds. The number of ether oxygens (including phenoxy) is 2. The molecule has 0 bridgehead atoms. The third kappa shape index (κ3) is 33.4. The average molecular weight is 571 g/mol. The SMILES string of the molecule is CCCCCCCCCCCCCCOC(=O)CCSCCC(=O)OCCCCCCCCCCCCCC. The Morgan fingerprint density at radius 3 is 0.949 bits per heavy atom. The Balaban J connectivity index is 3.26. The highest BCUT2D eigenvalue weighted by molar-refractivity contribution is 7.99. The molecule has 232 valence electrons. The predicted molar refractivity (Wildman–Crippen MR) is 171 cm³/mol. The molecule has 0 aliphatic carbocycles. The van der Waals surface area contributed by atoms with E-state index in [0.29, 0.717) is 37.6 Å². The molecule has 0 spiro atoms. The Labute approximate surface area is 247 Å². The van der Waals surface area contributed by atoms with Crippen LogP contribution in [0.4, 0.5) is 0 Å². The van der Waals surface area contributed by atoms with E-state index < -0.39 is 0 Å². The summed E-state index contributed by atoms with van der Waals surface area (Å²) >= 11 is 1.63. The smallest absolute Gasteiger partial charge is 0.306 e. The van der Waals surface area contributed by atoms with Crippen molar-refractivity contribution in [3.63, 3.8) is 0 Å². The molecule has 0 aromatic heterocycles. The van der Waals surface area contributed by atoms with Crippen LogP contribution in [0, 0.1) is 0 Å². The highest BCUT2D eigenvalue weighted by Gasteiger charge is 2.06. The predicted octanol–water partition coefficient (Wildman–Crippen LogP) is 11.0. The summed E-state index contributed by atoms with van der Waals surface area (Å²) in [6.07, 6.45) is 32.3. The van der Waals surface area contributed by atoms with Gasteiger partial charge in [0.05, 0.1) is 26.1 Å². The second-order valence-corrected chi connectivity index (χ2v) is 12.6. The van der Waals surface area contributed by atoms with E-state index in [9.17, 15) is 9.59 Å². The van der Waals surface area contributed by atoms with Gasteiger partial charge in [0.25, 0.3) is 0 Å². The summed E-state index contributed by atoms with van der Waals surface area (Å²) in [7, 11) is 0. The van der Waals surface area contributed by atoms with E-state index in [1.54, 1.807) is 11.8 Å². The fourth-order valence-electron chi connectivity index (χ4n) is 4.82. The Morgan fingerprint density at radius 2 is 0.667 bits per heavy atom. The number of rotatable bonds is 32. The van der Waals surface area contributed by atoms with E-state index in [4.69, 9.17) is 9.47 Å². The molecule has 0 aliphatic rings. The van der Waals surface area contributed by atoms with E-state index in [1.807, 2.05) is 0 Å². The van der Waals surface area contributed by atoms with Crippen LogP contribution in [-0.2, 0) is 19.1 Å². The first kappa shape index (κ1) is 38.3. The second-order valence-electron chi connectivity index (χ2n) is 11.3. The molecular formula is C34H66O4S. The maximum atomic E-state index is 11.9. The topological polar surface area (TPSA) is 52.6 Å². The molecule has 4 nitrogen and oxygen atoms in total. The molecule has 5 heteroatoms. The van der Waals surface area contributed by atoms with Crippen LogP contribution < -0.4 is 0 Å². The molecule has 0 saturated carbocycles. The van der Waals surface area contributed by atoms with E-state index in [-0.39, 0.29) is 11.9 Å². The molecule has 0 atom stereocenters. The lowest BCUT2D eigenvalue weighted by Crippen LogP contribution is -2.09. The monoisotopic (exact) mass is 570 g/mol. The maximum absolute atomic E-state index is 11.9. The van der Waals surface area contributed by atoms with Crippen LogP contribution in [-0.4, -0.2) is 36.7 Å². The van der Waals surface area contributed by atoms with Gasteiger partial charge in [-0.05, 0) is 12.8 Å². The van der Waals surface area contributed by atoms with E-state index in [1.165, 1.54) is 128 Å². The molecule has 0 unspecified atom stereocenters. The van der Waals surface area contributed by atoms with Crippen LogP contribution in [0.25, 0.3) is 0 Å². The third-order valence-corrected chi connectivity index (χ3v) is 8.41. The molecule has 0 aromatic rings. The van der Waals surface area contributed by atoms with E-state index in [0.717, 1.165) is 25.7 Å². The summed E-state index contributed by atoms with van der Waals surface area (Å²) in [5.41, 5.74) is 0. The Bertz CT molecular complexity index is 467. The highest BCUT2D eigenvalue weighted by atomic mass is 32.2. The average Bonchev–Trinajstić information content (AvgIpc) is 2.93. The first-order chi connectivity index (χ1) is 19.2. The zero-order chi connectivity index (χ0) is 28.5. The molecular weight excluding hydrogens is 504 g/mol. The molecule has 0 heterocycles. The number of carbonyl (C=O) groups is 2. The van der Waals surface area contributed by atoms with Crippen LogP contribution >= 0.6 is 11.8 Å². The van der Waals surface area contributed by atoms with Crippen molar-refractivity contribution < 1.29 is 19.1 Å². The van der Waals surface area contributed by atoms with Gasteiger partial charge in [0.15, 0.2) is 0 Å². The van der Waals surface area contributed by atoms with Crippen molar-refractivity contribution in [2.24, 2.45) is 0 Å². The number of esters is 2. The minimum atomic E-state index is -0.111. The molecule has 0 radical (unpaired) electrons. The number of hydrogen-bond acceptors (Lipinski definition) is 5. The van der Waals surface area contributed by atoms with Gasteiger partial charge in [-0.25, -0.2) is 0 Å². The Morgan fingerprint density at radius 1 is 0.410 bits per heavy atom. The Hall–Kier alpha value is -0.710. The number of hydrogen-bond donors (Lipinski definition) is 0. The quantitative estimate of drug-likeness (QED) is 0.0594. The normalized spacial score (nSPS) is 11.1. The van der Waals surface area contributed by atoms with Crippen LogP contribution in [0.3, 0.4) is 0 Å². The van der Waals surface area contributed by atoms with Gasteiger partial charge in [0.2, 0.25) is 0 Å². The van der Waals surface area contributed by atoms with Crippen LogP contribution in [0.2, 0.25) is 0 Å². The zero-order valence-corrected chi connectivity index (χ0v) is 27.1. The highest BCUT2D eigenvalue weighted by Crippen LogP contribution is 2.13. The van der Waals surface area contributed by atoms with Crippen molar-refractivity contribution in [2.75, 3.05) is 24.7 Å². The minimum absolute atomic E-state index is 0.111. The summed E-state index contributed by atoms with van der Waals surface area (Å²) in [5, 5.41) is 0. The lowest BCUT2D eigenvalue weighted by atomic mass is 10.1. The molecule has 0 aliphatic heterocycles. The van der Waals surface area contributed by atoms with Crippen molar-refractivity contribution in [1.82, 2.24) is 0 Å². The number of thioether (sulfide) groups is 1. The fraction of sp³-hybridized carbons (Fsp3) is 0.941. The van der Waals surface area contributed by atoms with Gasteiger partial charge < -0.3 is 9.47 Å². The molecule has 0 rings (SSSR count). The third-order valence-electron chi connectivity index (χ3n) is 7.42. The van der Waals surface area contributed by atoms with Crippen molar-refractivity contribution in [2.45, 2.75) is 181 Å². The van der Waals surface area contributed by atoms with Gasteiger partial charge in [0.1, 0.15) is 0 Å². The van der Waals surface area contributed by atoms with Crippen LogP contribution in [0.1, 0.15) is 181 Å².